The summed E-state index contributed by atoms with van der Waals surface area (Å²) >= 11 is 0. The minimum absolute atomic E-state index is 0.109. The van der Waals surface area contributed by atoms with Gasteiger partial charge in [-0.1, -0.05) is 19.9 Å². The second-order valence-corrected chi connectivity index (χ2v) is 6.53. The monoisotopic (exact) mass is 334 g/mol. The highest BCUT2D eigenvalue weighted by atomic mass is 16.6. The summed E-state index contributed by atoms with van der Waals surface area (Å²) in [6.07, 6.45) is 1.08. The molecule has 1 fully saturated rings. The Kier molecular flexibility index (Phi) is 5.54. The third-order valence-electron chi connectivity index (χ3n) is 4.27. The summed E-state index contributed by atoms with van der Waals surface area (Å²) in [5.74, 6) is -0.104. The average molecular weight is 334 g/mol. The zero-order valence-corrected chi connectivity index (χ0v) is 14.2. The van der Waals surface area contributed by atoms with Crippen molar-refractivity contribution in [1.29, 1.82) is 0 Å². The Morgan fingerprint density at radius 2 is 1.92 bits per heavy atom. The number of esters is 1. The standard InChI is InChI=1S/C17H22N2O5/c1-11-7-12(2)9-18(8-11)16(20)10-24-17(21)14-5-4-6-15(13(14)3)19(22)23/h4-6,11-12H,7-10H2,1-3H3/t11-,12+. The molecule has 0 radical (unpaired) electrons. The Morgan fingerprint density at radius 3 is 2.50 bits per heavy atom. The van der Waals surface area contributed by atoms with Crippen LogP contribution in [0.1, 0.15) is 36.2 Å². The first-order chi connectivity index (χ1) is 11.3. The lowest BCUT2D eigenvalue weighted by Gasteiger charge is -2.34. The molecule has 1 aromatic carbocycles. The molecule has 0 unspecified atom stereocenters. The Labute approximate surface area is 140 Å². The Balaban J connectivity index is 1.99. The highest BCUT2D eigenvalue weighted by Crippen LogP contribution is 2.23. The van der Waals surface area contributed by atoms with Crippen molar-refractivity contribution in [2.75, 3.05) is 19.7 Å². The first kappa shape index (κ1) is 17.9. The number of likely N-dealkylation sites (tertiary alicyclic amines) is 1. The number of carbonyl (C=O) groups excluding carboxylic acids is 2. The van der Waals surface area contributed by atoms with Crippen molar-refractivity contribution < 1.29 is 19.2 Å². The fraction of sp³-hybridized carbons (Fsp3) is 0.529. The van der Waals surface area contributed by atoms with E-state index in [1.54, 1.807) is 4.90 Å². The second kappa shape index (κ2) is 7.42. The number of hydrogen-bond donors (Lipinski definition) is 0. The van der Waals surface area contributed by atoms with Crippen LogP contribution < -0.4 is 0 Å². The number of carbonyl (C=O) groups is 2. The summed E-state index contributed by atoms with van der Waals surface area (Å²) in [5, 5.41) is 10.9. The van der Waals surface area contributed by atoms with E-state index in [4.69, 9.17) is 4.74 Å². The fourth-order valence-corrected chi connectivity index (χ4v) is 3.21. The molecule has 24 heavy (non-hydrogen) atoms. The van der Waals surface area contributed by atoms with Gasteiger partial charge in [-0.3, -0.25) is 14.9 Å². The van der Waals surface area contributed by atoms with Gasteiger partial charge in [-0.15, -0.1) is 0 Å². The predicted molar refractivity (Wildman–Crippen MR) is 87.6 cm³/mol. The molecule has 7 heteroatoms. The minimum atomic E-state index is -0.720. The number of benzene rings is 1. The zero-order valence-electron chi connectivity index (χ0n) is 14.2. The first-order valence-corrected chi connectivity index (χ1v) is 7.98. The smallest absolute Gasteiger partial charge is 0.339 e. The van der Waals surface area contributed by atoms with Gasteiger partial charge in [-0.2, -0.15) is 0 Å². The summed E-state index contributed by atoms with van der Waals surface area (Å²) in [5.41, 5.74) is 0.201. The molecule has 0 N–H and O–H groups in total. The quantitative estimate of drug-likeness (QED) is 0.479. The maximum absolute atomic E-state index is 12.2. The highest BCUT2D eigenvalue weighted by molar-refractivity contribution is 5.93. The molecule has 0 saturated carbocycles. The van der Waals surface area contributed by atoms with Crippen molar-refractivity contribution in [3.63, 3.8) is 0 Å². The van der Waals surface area contributed by atoms with Gasteiger partial charge in [0, 0.05) is 24.7 Å². The van der Waals surface area contributed by atoms with E-state index >= 15 is 0 Å². The summed E-state index contributed by atoms with van der Waals surface area (Å²) in [6, 6.07) is 4.21. The number of nitrogens with zero attached hydrogens (tertiary/aromatic N) is 2. The van der Waals surface area contributed by atoms with E-state index in [1.807, 2.05) is 0 Å². The number of nitro groups is 1. The molecule has 1 saturated heterocycles. The van der Waals surface area contributed by atoms with Gasteiger partial charge in [-0.05, 0) is 31.2 Å². The molecule has 1 aliphatic rings. The number of piperidine rings is 1. The van der Waals surface area contributed by atoms with Crippen LogP contribution >= 0.6 is 0 Å². The molecule has 1 aromatic rings. The molecule has 0 bridgehead atoms. The molecule has 1 heterocycles. The zero-order chi connectivity index (χ0) is 17.9. The lowest BCUT2D eigenvalue weighted by molar-refractivity contribution is -0.385. The van der Waals surface area contributed by atoms with Gasteiger partial charge in [0.15, 0.2) is 6.61 Å². The van der Waals surface area contributed by atoms with E-state index in [9.17, 15) is 19.7 Å². The molecule has 1 amide bonds. The molecule has 2 rings (SSSR count). The van der Waals surface area contributed by atoms with E-state index in [-0.39, 0.29) is 29.3 Å². The minimum Gasteiger partial charge on any atom is -0.452 e. The largest absolute Gasteiger partial charge is 0.452 e. The van der Waals surface area contributed by atoms with Crippen molar-refractivity contribution in [2.24, 2.45) is 11.8 Å². The van der Waals surface area contributed by atoms with Crippen LogP contribution in [-0.4, -0.2) is 41.4 Å². The van der Waals surface area contributed by atoms with Gasteiger partial charge >= 0.3 is 5.97 Å². The molecule has 0 aliphatic carbocycles. The van der Waals surface area contributed by atoms with Gasteiger partial charge in [-0.25, -0.2) is 4.79 Å². The van der Waals surface area contributed by atoms with Crippen molar-refractivity contribution in [1.82, 2.24) is 4.90 Å². The van der Waals surface area contributed by atoms with Crippen LogP contribution in [0, 0.1) is 28.9 Å². The molecule has 0 spiro atoms. The van der Waals surface area contributed by atoms with Gasteiger partial charge in [0.1, 0.15) is 0 Å². The van der Waals surface area contributed by atoms with Crippen LogP contribution in [0.25, 0.3) is 0 Å². The second-order valence-electron chi connectivity index (χ2n) is 6.53. The molecule has 130 valence electrons. The third-order valence-corrected chi connectivity index (χ3v) is 4.27. The van der Waals surface area contributed by atoms with Gasteiger partial charge in [0.25, 0.3) is 11.6 Å². The summed E-state index contributed by atoms with van der Waals surface area (Å²) < 4.78 is 5.08. The average Bonchev–Trinajstić information content (AvgIpc) is 2.51. The number of amides is 1. The van der Waals surface area contributed by atoms with Gasteiger partial charge in [0.05, 0.1) is 10.5 Å². The molecule has 1 aliphatic heterocycles. The summed E-state index contributed by atoms with van der Waals surface area (Å²) in [6.45, 7) is 6.65. The molecule has 7 nitrogen and oxygen atoms in total. The Hall–Kier alpha value is -2.44. The normalized spacial score (nSPS) is 20.5. The molecule has 0 aromatic heterocycles. The van der Waals surface area contributed by atoms with E-state index in [0.29, 0.717) is 24.9 Å². The van der Waals surface area contributed by atoms with E-state index in [1.165, 1.54) is 25.1 Å². The number of hydrogen-bond acceptors (Lipinski definition) is 5. The van der Waals surface area contributed by atoms with E-state index < -0.39 is 10.9 Å². The predicted octanol–water partition coefficient (Wildman–Crippen LogP) is 2.56. The van der Waals surface area contributed by atoms with Crippen LogP contribution in [0.4, 0.5) is 5.69 Å². The first-order valence-electron chi connectivity index (χ1n) is 7.98. The topological polar surface area (TPSA) is 89.8 Å². The van der Waals surface area contributed by atoms with Crippen molar-refractivity contribution >= 4 is 17.6 Å². The highest BCUT2D eigenvalue weighted by Gasteiger charge is 2.26. The van der Waals surface area contributed by atoms with Gasteiger partial charge in [0.2, 0.25) is 0 Å². The number of nitro benzene ring substituents is 1. The van der Waals surface area contributed by atoms with Crippen LogP contribution in [0.5, 0.6) is 0 Å². The van der Waals surface area contributed by atoms with Crippen LogP contribution in [0.3, 0.4) is 0 Å². The van der Waals surface area contributed by atoms with E-state index in [0.717, 1.165) is 6.42 Å². The SMILES string of the molecule is Cc1c(C(=O)OCC(=O)N2C[C@H](C)C[C@H](C)C2)cccc1[N+](=O)[O-]. The fourth-order valence-electron chi connectivity index (χ4n) is 3.21. The Bertz CT molecular complexity index is 648. The lowest BCUT2D eigenvalue weighted by atomic mass is 9.92. The summed E-state index contributed by atoms with van der Waals surface area (Å²) in [4.78, 5) is 36.5. The van der Waals surface area contributed by atoms with Gasteiger partial charge < -0.3 is 9.64 Å². The van der Waals surface area contributed by atoms with Crippen molar-refractivity contribution in [2.45, 2.75) is 27.2 Å². The number of rotatable bonds is 4. The lowest BCUT2D eigenvalue weighted by Crippen LogP contribution is -2.44. The third kappa shape index (κ3) is 4.10. The van der Waals surface area contributed by atoms with Crippen LogP contribution in [0.15, 0.2) is 18.2 Å². The molecular weight excluding hydrogens is 312 g/mol. The van der Waals surface area contributed by atoms with Crippen LogP contribution in [0.2, 0.25) is 0 Å². The van der Waals surface area contributed by atoms with Crippen molar-refractivity contribution in [3.8, 4) is 0 Å². The van der Waals surface area contributed by atoms with E-state index in [2.05, 4.69) is 13.8 Å². The van der Waals surface area contributed by atoms with Crippen LogP contribution in [-0.2, 0) is 9.53 Å². The maximum Gasteiger partial charge on any atom is 0.339 e. The molecular formula is C17H22N2O5. The Morgan fingerprint density at radius 1 is 1.29 bits per heavy atom. The number of ether oxygens (including phenoxy) is 1. The maximum atomic E-state index is 12.2. The van der Waals surface area contributed by atoms with Crippen molar-refractivity contribution in [3.05, 3.63) is 39.4 Å². The summed E-state index contributed by atoms with van der Waals surface area (Å²) in [7, 11) is 0. The molecule has 2 atom stereocenters.